The van der Waals surface area contributed by atoms with Gasteiger partial charge in [-0.1, -0.05) is 26.0 Å². The van der Waals surface area contributed by atoms with Gasteiger partial charge in [-0.3, -0.25) is 5.41 Å². The van der Waals surface area contributed by atoms with Gasteiger partial charge in [0.05, 0.1) is 0 Å². The molecule has 3 N–H and O–H groups in total. The zero-order valence-electron chi connectivity index (χ0n) is 10.8. The fourth-order valence-electron chi connectivity index (χ4n) is 1.49. The zero-order chi connectivity index (χ0) is 14.6. The second-order valence-electron chi connectivity index (χ2n) is 4.58. The lowest BCUT2D eigenvalue weighted by atomic mass is 10.0. The van der Waals surface area contributed by atoms with Gasteiger partial charge in [0.25, 0.3) is 0 Å². The summed E-state index contributed by atoms with van der Waals surface area (Å²) < 4.78 is 42.7. The van der Waals surface area contributed by atoms with Crippen LogP contribution in [0, 0.1) is 11.3 Å². The number of nitrogens with one attached hydrogen (secondary N) is 1. The predicted molar refractivity (Wildman–Crippen MR) is 67.5 cm³/mol. The van der Waals surface area contributed by atoms with E-state index in [1.807, 2.05) is 13.8 Å². The van der Waals surface area contributed by atoms with Crippen LogP contribution in [-0.2, 0) is 0 Å². The average molecular weight is 274 g/mol. The number of rotatable bonds is 5. The standard InChI is InChI=1S/C13H17F3N2O/c1-8(2)9-3-5-10(6-4-9)19-7-11(12(17)18)13(14,15)16/h3-6,8,11H,7H2,1-2H3,(H3,17,18). The fourth-order valence-corrected chi connectivity index (χ4v) is 1.49. The van der Waals surface area contributed by atoms with Crippen molar-refractivity contribution in [3.8, 4) is 5.75 Å². The third-order valence-corrected chi connectivity index (χ3v) is 2.73. The molecule has 6 heteroatoms. The minimum absolute atomic E-state index is 0.333. The molecule has 0 heterocycles. The summed E-state index contributed by atoms with van der Waals surface area (Å²) in [6.07, 6.45) is -4.57. The molecule has 0 aliphatic rings. The van der Waals surface area contributed by atoms with E-state index in [0.29, 0.717) is 11.7 Å². The highest BCUT2D eigenvalue weighted by Gasteiger charge is 2.42. The van der Waals surface area contributed by atoms with Gasteiger partial charge in [0, 0.05) is 0 Å². The van der Waals surface area contributed by atoms with Crippen molar-refractivity contribution in [1.29, 1.82) is 5.41 Å². The summed E-state index contributed by atoms with van der Waals surface area (Å²) in [6, 6.07) is 6.83. The van der Waals surface area contributed by atoms with Gasteiger partial charge in [0.15, 0.2) is 0 Å². The lowest BCUT2D eigenvalue weighted by molar-refractivity contribution is -0.162. The first-order valence-corrected chi connectivity index (χ1v) is 5.85. The van der Waals surface area contributed by atoms with Crippen LogP contribution in [-0.4, -0.2) is 18.6 Å². The molecule has 0 saturated heterocycles. The topological polar surface area (TPSA) is 59.1 Å². The van der Waals surface area contributed by atoms with Gasteiger partial charge < -0.3 is 10.5 Å². The monoisotopic (exact) mass is 274 g/mol. The van der Waals surface area contributed by atoms with Crippen LogP contribution in [0.2, 0.25) is 0 Å². The van der Waals surface area contributed by atoms with E-state index >= 15 is 0 Å². The van der Waals surface area contributed by atoms with Crippen molar-refractivity contribution in [2.45, 2.75) is 25.9 Å². The lowest BCUT2D eigenvalue weighted by Gasteiger charge is -2.19. The second-order valence-corrected chi connectivity index (χ2v) is 4.58. The Kier molecular flexibility index (Phi) is 4.80. The van der Waals surface area contributed by atoms with Crippen molar-refractivity contribution >= 4 is 5.84 Å². The maximum Gasteiger partial charge on any atom is 0.401 e. The molecule has 3 nitrogen and oxygen atoms in total. The van der Waals surface area contributed by atoms with Crippen LogP contribution < -0.4 is 10.5 Å². The normalized spacial score (nSPS) is 13.4. The van der Waals surface area contributed by atoms with E-state index in [0.717, 1.165) is 5.56 Å². The summed E-state index contributed by atoms with van der Waals surface area (Å²) in [7, 11) is 0. The molecule has 0 radical (unpaired) electrons. The molecular formula is C13H17F3N2O. The number of ether oxygens (including phenoxy) is 1. The zero-order valence-corrected chi connectivity index (χ0v) is 10.8. The molecule has 1 atom stereocenters. The van der Waals surface area contributed by atoms with Crippen molar-refractivity contribution in [2.75, 3.05) is 6.61 Å². The molecule has 1 aromatic carbocycles. The first kappa shape index (κ1) is 15.3. The molecular weight excluding hydrogens is 257 g/mol. The van der Waals surface area contributed by atoms with E-state index in [1.54, 1.807) is 24.3 Å². The number of halogens is 3. The van der Waals surface area contributed by atoms with Crippen molar-refractivity contribution in [2.24, 2.45) is 11.7 Å². The van der Waals surface area contributed by atoms with Gasteiger partial charge in [0.2, 0.25) is 0 Å². The van der Waals surface area contributed by atoms with Crippen LogP contribution in [0.5, 0.6) is 5.75 Å². The summed E-state index contributed by atoms with van der Waals surface area (Å²) in [5.41, 5.74) is 6.01. The first-order chi connectivity index (χ1) is 8.71. The Morgan fingerprint density at radius 3 is 2.16 bits per heavy atom. The fraction of sp³-hybridized carbons (Fsp3) is 0.462. The van der Waals surface area contributed by atoms with Crippen molar-refractivity contribution in [3.05, 3.63) is 29.8 Å². The molecule has 0 aromatic heterocycles. The molecule has 0 aliphatic heterocycles. The summed E-state index contributed by atoms with van der Waals surface area (Å²) in [4.78, 5) is 0. The largest absolute Gasteiger partial charge is 0.492 e. The number of nitrogens with two attached hydrogens (primary N) is 1. The van der Waals surface area contributed by atoms with Gasteiger partial charge in [-0.05, 0) is 23.6 Å². The SMILES string of the molecule is CC(C)c1ccc(OCC(C(=N)N)C(F)(F)F)cc1. The molecule has 1 rings (SSSR count). The van der Waals surface area contributed by atoms with Gasteiger partial charge in [-0.25, -0.2) is 0 Å². The molecule has 0 fully saturated rings. The van der Waals surface area contributed by atoms with Crippen LogP contribution in [0.3, 0.4) is 0 Å². The third kappa shape index (κ3) is 4.46. The highest BCUT2D eigenvalue weighted by molar-refractivity contribution is 5.80. The predicted octanol–water partition coefficient (Wildman–Crippen LogP) is 3.30. The van der Waals surface area contributed by atoms with Gasteiger partial charge in [-0.2, -0.15) is 13.2 Å². The molecule has 0 spiro atoms. The first-order valence-electron chi connectivity index (χ1n) is 5.85. The highest BCUT2D eigenvalue weighted by atomic mass is 19.4. The summed E-state index contributed by atoms with van der Waals surface area (Å²) >= 11 is 0. The summed E-state index contributed by atoms with van der Waals surface area (Å²) in [5, 5.41) is 6.94. The summed E-state index contributed by atoms with van der Waals surface area (Å²) in [5.74, 6) is -2.34. The Morgan fingerprint density at radius 2 is 1.79 bits per heavy atom. The molecule has 0 aliphatic carbocycles. The summed E-state index contributed by atoms with van der Waals surface area (Å²) in [6.45, 7) is 3.36. The lowest BCUT2D eigenvalue weighted by Crippen LogP contribution is -2.39. The number of benzene rings is 1. The molecule has 19 heavy (non-hydrogen) atoms. The maximum atomic E-state index is 12.5. The molecule has 0 amide bonds. The van der Waals surface area contributed by atoms with Crippen LogP contribution >= 0.6 is 0 Å². The van der Waals surface area contributed by atoms with Crippen molar-refractivity contribution in [3.63, 3.8) is 0 Å². The Morgan fingerprint density at radius 1 is 1.26 bits per heavy atom. The van der Waals surface area contributed by atoms with Crippen LogP contribution in [0.4, 0.5) is 13.2 Å². The average Bonchev–Trinajstić information content (AvgIpc) is 2.27. The van der Waals surface area contributed by atoms with Crippen LogP contribution in [0.25, 0.3) is 0 Å². The molecule has 106 valence electrons. The van der Waals surface area contributed by atoms with Gasteiger partial charge in [0.1, 0.15) is 24.1 Å². The molecule has 1 unspecified atom stereocenters. The van der Waals surface area contributed by atoms with Crippen molar-refractivity contribution < 1.29 is 17.9 Å². The third-order valence-electron chi connectivity index (χ3n) is 2.73. The van der Waals surface area contributed by atoms with Crippen molar-refractivity contribution in [1.82, 2.24) is 0 Å². The molecule has 1 aromatic rings. The quantitative estimate of drug-likeness (QED) is 0.639. The Bertz CT molecular complexity index is 427. The Labute approximate surface area is 110 Å². The van der Waals surface area contributed by atoms with Crippen LogP contribution in [0.1, 0.15) is 25.3 Å². The van der Waals surface area contributed by atoms with E-state index in [9.17, 15) is 13.2 Å². The smallest absolute Gasteiger partial charge is 0.401 e. The highest BCUT2D eigenvalue weighted by Crippen LogP contribution is 2.27. The van der Waals surface area contributed by atoms with Gasteiger partial charge in [-0.15, -0.1) is 0 Å². The van der Waals surface area contributed by atoms with E-state index in [1.165, 1.54) is 0 Å². The Hall–Kier alpha value is -1.72. The minimum Gasteiger partial charge on any atom is -0.492 e. The molecule has 0 saturated carbocycles. The number of hydrogen-bond donors (Lipinski definition) is 2. The number of amidine groups is 1. The van der Waals surface area contributed by atoms with E-state index < -0.39 is 24.5 Å². The number of alkyl halides is 3. The van der Waals surface area contributed by atoms with Gasteiger partial charge >= 0.3 is 6.18 Å². The van der Waals surface area contributed by atoms with E-state index in [4.69, 9.17) is 15.9 Å². The van der Waals surface area contributed by atoms with E-state index in [2.05, 4.69) is 0 Å². The molecule has 0 bridgehead atoms. The Balaban J connectivity index is 2.67. The number of hydrogen-bond acceptors (Lipinski definition) is 2. The minimum atomic E-state index is -4.57. The van der Waals surface area contributed by atoms with E-state index in [-0.39, 0.29) is 0 Å². The van der Waals surface area contributed by atoms with Crippen LogP contribution in [0.15, 0.2) is 24.3 Å². The second kappa shape index (κ2) is 5.95. The maximum absolute atomic E-state index is 12.5.